The molecule has 102 valence electrons. The quantitative estimate of drug-likeness (QED) is 0.615. The molecule has 1 aliphatic heterocycles. The highest BCUT2D eigenvalue weighted by atomic mass is 35.5. The van der Waals surface area contributed by atoms with Gasteiger partial charge in [-0.25, -0.2) is 4.98 Å². The van der Waals surface area contributed by atoms with Crippen LogP contribution in [0.5, 0.6) is 0 Å². The molecule has 1 aromatic heterocycles. The number of thioether (sulfide) groups is 1. The Hall–Kier alpha value is -0.710. The number of nitrogens with zero attached hydrogens (tertiary/aromatic N) is 2. The number of fused-ring (bicyclic) bond motifs is 1. The minimum Gasteiger partial charge on any atom is -0.431 e. The summed E-state index contributed by atoms with van der Waals surface area (Å²) in [6.07, 6.45) is 3.90. The fraction of sp³-hybridized carbons (Fsp3) is 0.500. The third kappa shape index (κ3) is 3.44. The number of hydrogen-bond acceptors (Lipinski definition) is 4. The van der Waals surface area contributed by atoms with E-state index in [1.165, 1.54) is 38.9 Å². The lowest BCUT2D eigenvalue weighted by Crippen LogP contribution is -2.20. The first-order valence-corrected chi connectivity index (χ1v) is 8.09. The van der Waals surface area contributed by atoms with E-state index in [0.717, 1.165) is 22.1 Å². The summed E-state index contributed by atoms with van der Waals surface area (Å²) in [5.41, 5.74) is 1.65. The fourth-order valence-electron chi connectivity index (χ4n) is 2.40. The first-order valence-electron chi connectivity index (χ1n) is 6.72. The van der Waals surface area contributed by atoms with E-state index in [4.69, 9.17) is 16.0 Å². The van der Waals surface area contributed by atoms with Gasteiger partial charge in [-0.3, -0.25) is 0 Å². The summed E-state index contributed by atoms with van der Waals surface area (Å²) >= 11 is 7.62. The van der Waals surface area contributed by atoms with Crippen LogP contribution in [0.1, 0.15) is 19.3 Å². The summed E-state index contributed by atoms with van der Waals surface area (Å²) < 4.78 is 5.67. The smallest absolute Gasteiger partial charge is 0.256 e. The first kappa shape index (κ1) is 13.3. The molecule has 3 nitrogen and oxygen atoms in total. The highest BCUT2D eigenvalue weighted by Gasteiger charge is 2.11. The minimum absolute atomic E-state index is 0.700. The molecular weight excluding hydrogens is 280 g/mol. The second-order valence-electron chi connectivity index (χ2n) is 4.84. The van der Waals surface area contributed by atoms with Crippen LogP contribution in [-0.2, 0) is 0 Å². The van der Waals surface area contributed by atoms with Gasteiger partial charge in [0.25, 0.3) is 5.22 Å². The number of benzene rings is 1. The van der Waals surface area contributed by atoms with E-state index in [2.05, 4.69) is 9.88 Å². The number of oxazole rings is 1. The largest absolute Gasteiger partial charge is 0.431 e. The lowest BCUT2D eigenvalue weighted by Gasteiger charge is -2.12. The molecule has 19 heavy (non-hydrogen) atoms. The molecule has 2 aromatic rings. The van der Waals surface area contributed by atoms with Crippen LogP contribution < -0.4 is 0 Å². The van der Waals surface area contributed by atoms with Crippen LogP contribution >= 0.6 is 23.4 Å². The molecule has 0 bridgehead atoms. The highest BCUT2D eigenvalue weighted by Crippen LogP contribution is 2.26. The Labute approximate surface area is 122 Å². The van der Waals surface area contributed by atoms with Gasteiger partial charge in [0.15, 0.2) is 5.58 Å². The molecule has 0 unspecified atom stereocenters. The number of hydrogen-bond donors (Lipinski definition) is 0. The molecule has 0 amide bonds. The first-order chi connectivity index (χ1) is 9.31. The topological polar surface area (TPSA) is 29.3 Å². The van der Waals surface area contributed by atoms with Gasteiger partial charge in [-0.05, 0) is 57.1 Å². The Morgan fingerprint density at radius 3 is 3.00 bits per heavy atom. The van der Waals surface area contributed by atoms with E-state index >= 15 is 0 Å². The number of aromatic nitrogens is 1. The monoisotopic (exact) mass is 296 g/mol. The van der Waals surface area contributed by atoms with Crippen molar-refractivity contribution >= 4 is 34.5 Å². The van der Waals surface area contributed by atoms with Crippen LogP contribution in [0.25, 0.3) is 11.1 Å². The van der Waals surface area contributed by atoms with Crippen LogP contribution in [0.4, 0.5) is 0 Å². The van der Waals surface area contributed by atoms with Gasteiger partial charge in [0.2, 0.25) is 0 Å². The summed E-state index contributed by atoms with van der Waals surface area (Å²) in [6.45, 7) is 3.73. The van der Waals surface area contributed by atoms with Crippen LogP contribution in [0.2, 0.25) is 5.02 Å². The van der Waals surface area contributed by atoms with Crippen LogP contribution in [0.15, 0.2) is 27.8 Å². The summed E-state index contributed by atoms with van der Waals surface area (Å²) in [6, 6.07) is 5.55. The van der Waals surface area contributed by atoms with Crippen molar-refractivity contribution in [1.82, 2.24) is 9.88 Å². The summed E-state index contributed by atoms with van der Waals surface area (Å²) in [7, 11) is 0. The van der Waals surface area contributed by atoms with Gasteiger partial charge < -0.3 is 9.32 Å². The Balaban J connectivity index is 1.50. The molecule has 0 saturated carbocycles. The molecule has 0 aliphatic carbocycles. The van der Waals surface area contributed by atoms with Gasteiger partial charge >= 0.3 is 0 Å². The van der Waals surface area contributed by atoms with Crippen molar-refractivity contribution in [3.8, 4) is 0 Å². The zero-order chi connectivity index (χ0) is 13.1. The summed E-state index contributed by atoms with van der Waals surface area (Å²) in [4.78, 5) is 6.98. The molecule has 0 atom stereocenters. The summed E-state index contributed by atoms with van der Waals surface area (Å²) in [5.74, 6) is 1.05. The van der Waals surface area contributed by atoms with Crippen molar-refractivity contribution in [2.24, 2.45) is 0 Å². The molecular formula is C14H17ClN2OS. The number of halogens is 1. The van der Waals surface area contributed by atoms with E-state index < -0.39 is 0 Å². The van der Waals surface area contributed by atoms with Gasteiger partial charge in [-0.1, -0.05) is 23.4 Å². The van der Waals surface area contributed by atoms with Gasteiger partial charge in [0.1, 0.15) is 5.52 Å². The van der Waals surface area contributed by atoms with E-state index in [1.807, 2.05) is 18.2 Å². The minimum atomic E-state index is 0.700. The SMILES string of the molecule is Clc1ccc2oc(SCCCN3CCCC3)nc2c1. The third-order valence-electron chi connectivity index (χ3n) is 3.37. The average molecular weight is 297 g/mol. The van der Waals surface area contributed by atoms with Crippen molar-refractivity contribution in [2.75, 3.05) is 25.4 Å². The van der Waals surface area contributed by atoms with E-state index in [1.54, 1.807) is 11.8 Å². The molecule has 2 heterocycles. The Morgan fingerprint density at radius 2 is 2.16 bits per heavy atom. The lowest BCUT2D eigenvalue weighted by molar-refractivity contribution is 0.340. The predicted octanol–water partition coefficient (Wildman–Crippen LogP) is 4.06. The van der Waals surface area contributed by atoms with E-state index in [-0.39, 0.29) is 0 Å². The standard InChI is InChI=1S/C14H17ClN2OS/c15-11-4-5-13-12(10-11)16-14(18-13)19-9-3-8-17-6-1-2-7-17/h4-5,10H,1-3,6-9H2. The van der Waals surface area contributed by atoms with Crippen LogP contribution in [0, 0.1) is 0 Å². The molecule has 3 rings (SSSR count). The third-order valence-corrected chi connectivity index (χ3v) is 4.52. The molecule has 1 aromatic carbocycles. The number of rotatable bonds is 5. The maximum atomic E-state index is 5.93. The van der Waals surface area contributed by atoms with Crippen molar-refractivity contribution in [3.63, 3.8) is 0 Å². The zero-order valence-electron chi connectivity index (χ0n) is 10.8. The maximum absolute atomic E-state index is 5.93. The van der Waals surface area contributed by atoms with Gasteiger partial charge in [0, 0.05) is 10.8 Å². The Kier molecular flexibility index (Phi) is 4.31. The Bertz CT molecular complexity index is 551. The molecule has 1 fully saturated rings. The second kappa shape index (κ2) is 6.16. The molecule has 1 saturated heterocycles. The van der Waals surface area contributed by atoms with Gasteiger partial charge in [0.05, 0.1) is 0 Å². The van der Waals surface area contributed by atoms with Crippen molar-refractivity contribution in [2.45, 2.75) is 24.5 Å². The average Bonchev–Trinajstić information content (AvgIpc) is 3.02. The normalized spacial score (nSPS) is 16.5. The zero-order valence-corrected chi connectivity index (χ0v) is 12.3. The maximum Gasteiger partial charge on any atom is 0.256 e. The van der Waals surface area contributed by atoms with Crippen molar-refractivity contribution in [3.05, 3.63) is 23.2 Å². The Morgan fingerprint density at radius 1 is 1.32 bits per heavy atom. The van der Waals surface area contributed by atoms with Crippen molar-refractivity contribution < 1.29 is 4.42 Å². The predicted molar refractivity (Wildman–Crippen MR) is 80.0 cm³/mol. The van der Waals surface area contributed by atoms with Gasteiger partial charge in [-0.15, -0.1) is 0 Å². The molecule has 0 radical (unpaired) electrons. The molecule has 5 heteroatoms. The van der Waals surface area contributed by atoms with Crippen LogP contribution in [-0.4, -0.2) is 35.3 Å². The number of likely N-dealkylation sites (tertiary alicyclic amines) is 1. The highest BCUT2D eigenvalue weighted by molar-refractivity contribution is 7.99. The molecule has 0 spiro atoms. The van der Waals surface area contributed by atoms with Crippen molar-refractivity contribution in [1.29, 1.82) is 0 Å². The van der Waals surface area contributed by atoms with Crippen LogP contribution in [0.3, 0.4) is 0 Å². The lowest BCUT2D eigenvalue weighted by atomic mass is 10.3. The molecule has 1 aliphatic rings. The van der Waals surface area contributed by atoms with E-state index in [9.17, 15) is 0 Å². The van der Waals surface area contributed by atoms with Gasteiger partial charge in [-0.2, -0.15) is 0 Å². The second-order valence-corrected chi connectivity index (χ2v) is 6.33. The van der Waals surface area contributed by atoms with E-state index in [0.29, 0.717) is 5.02 Å². The fourth-order valence-corrected chi connectivity index (χ4v) is 3.32. The molecule has 0 N–H and O–H groups in total. The summed E-state index contributed by atoms with van der Waals surface area (Å²) in [5, 5.41) is 1.45.